The van der Waals surface area contributed by atoms with Crippen molar-refractivity contribution < 1.29 is 13.5 Å². The highest BCUT2D eigenvalue weighted by Crippen LogP contribution is 2.16. The van der Waals surface area contributed by atoms with Crippen LogP contribution in [0.4, 0.5) is 8.78 Å². The second kappa shape index (κ2) is 10.5. The van der Waals surface area contributed by atoms with Crippen molar-refractivity contribution in [3.8, 4) is 11.6 Å². The summed E-state index contributed by atoms with van der Waals surface area (Å²) in [6.07, 6.45) is 5.43. The molecule has 1 N–H and O–H groups in total. The first-order valence-electron chi connectivity index (χ1n) is 9.94. The average molecular weight is 428 g/mol. The van der Waals surface area contributed by atoms with E-state index in [1.807, 2.05) is 54.9 Å². The maximum Gasteiger partial charge on any atom is 0.387 e. The zero-order chi connectivity index (χ0) is 22.2. The number of pyridine rings is 1. The predicted molar refractivity (Wildman–Crippen MR) is 115 cm³/mol. The summed E-state index contributed by atoms with van der Waals surface area (Å²) in [5, 5.41) is 3.27. The maximum absolute atomic E-state index is 12.3. The van der Waals surface area contributed by atoms with Gasteiger partial charge in [0.2, 0.25) is 0 Å². The van der Waals surface area contributed by atoms with Gasteiger partial charge < -0.3 is 15.0 Å². The van der Waals surface area contributed by atoms with Gasteiger partial charge in [0.25, 0.3) is 0 Å². The average Bonchev–Trinajstić information content (AvgIpc) is 3.18. The van der Waals surface area contributed by atoms with Gasteiger partial charge >= 0.3 is 6.61 Å². The van der Waals surface area contributed by atoms with E-state index in [0.29, 0.717) is 13.1 Å². The van der Waals surface area contributed by atoms with Crippen molar-refractivity contribution in [2.75, 3.05) is 13.6 Å². The molecule has 3 aromatic rings. The Morgan fingerprint density at radius 3 is 2.48 bits per heavy atom. The van der Waals surface area contributed by atoms with E-state index in [1.165, 1.54) is 12.1 Å². The summed E-state index contributed by atoms with van der Waals surface area (Å²) in [5.74, 6) is 2.57. The van der Waals surface area contributed by atoms with Gasteiger partial charge in [-0.05, 0) is 43.2 Å². The molecule has 3 rings (SSSR count). The Morgan fingerprint density at radius 1 is 1.16 bits per heavy atom. The van der Waals surface area contributed by atoms with Crippen LogP contribution < -0.4 is 10.1 Å². The molecule has 2 heterocycles. The Kier molecular flexibility index (Phi) is 7.53. The number of imidazole rings is 1. The lowest BCUT2D eigenvalue weighted by atomic mass is 10.2. The molecule has 0 bridgehead atoms. The third kappa shape index (κ3) is 6.24. The van der Waals surface area contributed by atoms with E-state index >= 15 is 0 Å². The smallest absolute Gasteiger partial charge is 0.387 e. The number of nitrogens with one attached hydrogen (secondary N) is 1. The number of aryl methyl sites for hydroxylation is 1. The molecule has 2 aromatic heterocycles. The second-order valence-corrected chi connectivity index (χ2v) is 6.92. The third-order valence-electron chi connectivity index (χ3n) is 4.56. The lowest BCUT2D eigenvalue weighted by Crippen LogP contribution is -2.38. The molecule has 0 aliphatic carbocycles. The minimum atomic E-state index is -2.83. The highest BCUT2D eigenvalue weighted by molar-refractivity contribution is 5.79. The summed E-state index contributed by atoms with van der Waals surface area (Å²) >= 11 is 0. The van der Waals surface area contributed by atoms with Crippen molar-refractivity contribution in [1.82, 2.24) is 24.8 Å². The number of halogens is 2. The van der Waals surface area contributed by atoms with E-state index in [9.17, 15) is 8.78 Å². The molecule has 0 saturated carbocycles. The maximum atomic E-state index is 12.3. The Bertz CT molecular complexity index is 986. The predicted octanol–water partition coefficient (Wildman–Crippen LogP) is 3.77. The van der Waals surface area contributed by atoms with Crippen LogP contribution in [-0.2, 0) is 13.1 Å². The van der Waals surface area contributed by atoms with E-state index < -0.39 is 6.61 Å². The van der Waals surface area contributed by atoms with Crippen molar-refractivity contribution in [3.05, 3.63) is 71.9 Å². The summed E-state index contributed by atoms with van der Waals surface area (Å²) in [5.41, 5.74) is 1.94. The van der Waals surface area contributed by atoms with Crippen molar-refractivity contribution in [2.24, 2.45) is 4.99 Å². The van der Waals surface area contributed by atoms with Gasteiger partial charge in [-0.15, -0.1) is 0 Å². The molecule has 31 heavy (non-hydrogen) atoms. The summed E-state index contributed by atoms with van der Waals surface area (Å²) in [6, 6.07) is 10.5. The fraction of sp³-hybridized carbons (Fsp3) is 0.318. The van der Waals surface area contributed by atoms with Crippen LogP contribution in [0.5, 0.6) is 5.75 Å². The number of alkyl halides is 2. The van der Waals surface area contributed by atoms with Gasteiger partial charge in [0, 0.05) is 38.7 Å². The monoisotopic (exact) mass is 428 g/mol. The zero-order valence-corrected chi connectivity index (χ0v) is 17.8. The van der Waals surface area contributed by atoms with Crippen LogP contribution in [0.15, 0.2) is 60.0 Å². The van der Waals surface area contributed by atoms with Crippen LogP contribution in [-0.4, -0.2) is 45.6 Å². The van der Waals surface area contributed by atoms with E-state index in [4.69, 9.17) is 4.99 Å². The summed E-state index contributed by atoms with van der Waals surface area (Å²) < 4.78 is 30.9. The van der Waals surface area contributed by atoms with Crippen LogP contribution in [0.3, 0.4) is 0 Å². The molecule has 164 valence electrons. The molecule has 9 heteroatoms. The van der Waals surface area contributed by atoms with Crippen LogP contribution in [0.25, 0.3) is 5.82 Å². The highest BCUT2D eigenvalue weighted by Gasteiger charge is 2.09. The number of nitrogens with zero attached hydrogens (tertiary/aromatic N) is 5. The molecular weight excluding hydrogens is 402 g/mol. The lowest BCUT2D eigenvalue weighted by molar-refractivity contribution is -0.0498. The molecule has 0 spiro atoms. The largest absolute Gasteiger partial charge is 0.435 e. The van der Waals surface area contributed by atoms with Crippen molar-refractivity contribution >= 4 is 5.96 Å². The SMILES string of the molecule is CCNC(=NCc1ccc(-n2ccnc2C)nc1)N(C)Cc1ccc(OC(F)F)cc1. The minimum Gasteiger partial charge on any atom is -0.435 e. The van der Waals surface area contributed by atoms with E-state index in [0.717, 1.165) is 35.3 Å². The quantitative estimate of drug-likeness (QED) is 0.437. The first-order chi connectivity index (χ1) is 15.0. The molecule has 0 unspecified atom stereocenters. The number of aromatic nitrogens is 3. The molecule has 0 amide bonds. The summed E-state index contributed by atoms with van der Waals surface area (Å²) in [7, 11) is 1.92. The van der Waals surface area contributed by atoms with Gasteiger partial charge in [0.1, 0.15) is 17.4 Å². The molecule has 7 nitrogen and oxygen atoms in total. The van der Waals surface area contributed by atoms with E-state index in [1.54, 1.807) is 18.3 Å². The van der Waals surface area contributed by atoms with E-state index in [2.05, 4.69) is 20.0 Å². The molecule has 0 aliphatic rings. The summed E-state index contributed by atoms with van der Waals surface area (Å²) in [6.45, 7) is 2.87. The minimum absolute atomic E-state index is 0.142. The molecule has 0 atom stereocenters. The fourth-order valence-corrected chi connectivity index (χ4v) is 3.03. The molecular formula is C22H26F2N6O. The van der Waals surface area contributed by atoms with Crippen LogP contribution in [0, 0.1) is 6.92 Å². The van der Waals surface area contributed by atoms with Gasteiger partial charge in [-0.3, -0.25) is 4.57 Å². The molecule has 0 radical (unpaired) electrons. The third-order valence-corrected chi connectivity index (χ3v) is 4.56. The normalized spacial score (nSPS) is 11.6. The summed E-state index contributed by atoms with van der Waals surface area (Å²) in [4.78, 5) is 15.4. The number of benzene rings is 1. The Morgan fingerprint density at radius 2 is 1.90 bits per heavy atom. The van der Waals surface area contributed by atoms with E-state index in [-0.39, 0.29) is 5.75 Å². The second-order valence-electron chi connectivity index (χ2n) is 6.92. The Balaban J connectivity index is 1.64. The van der Waals surface area contributed by atoms with Crippen molar-refractivity contribution in [3.63, 3.8) is 0 Å². The van der Waals surface area contributed by atoms with Gasteiger partial charge in [0.05, 0.1) is 6.54 Å². The number of hydrogen-bond donors (Lipinski definition) is 1. The van der Waals surface area contributed by atoms with Gasteiger partial charge in [-0.25, -0.2) is 15.0 Å². The topological polar surface area (TPSA) is 67.6 Å². The number of rotatable bonds is 8. The number of aliphatic imine (C=N–C) groups is 1. The van der Waals surface area contributed by atoms with Crippen LogP contribution in [0.1, 0.15) is 23.9 Å². The first kappa shape index (κ1) is 22.2. The van der Waals surface area contributed by atoms with Crippen molar-refractivity contribution in [1.29, 1.82) is 0 Å². The number of hydrogen-bond acceptors (Lipinski definition) is 4. The van der Waals surface area contributed by atoms with Crippen LogP contribution in [0.2, 0.25) is 0 Å². The molecule has 1 aromatic carbocycles. The van der Waals surface area contributed by atoms with Crippen LogP contribution >= 0.6 is 0 Å². The highest BCUT2D eigenvalue weighted by atomic mass is 19.3. The zero-order valence-electron chi connectivity index (χ0n) is 17.8. The molecule has 0 fully saturated rings. The van der Waals surface area contributed by atoms with Gasteiger partial charge in [-0.2, -0.15) is 8.78 Å². The van der Waals surface area contributed by atoms with Gasteiger partial charge in [-0.1, -0.05) is 18.2 Å². The Hall–Kier alpha value is -3.49. The Labute approximate surface area is 180 Å². The molecule has 0 aliphatic heterocycles. The number of ether oxygens (including phenoxy) is 1. The fourth-order valence-electron chi connectivity index (χ4n) is 3.03. The standard InChI is InChI=1S/C22H26F2N6O/c1-4-25-22(29(3)15-17-5-8-19(9-6-17)31-21(23)24)28-14-18-7-10-20(27-13-18)30-12-11-26-16(30)2/h5-13,21H,4,14-15H2,1-3H3,(H,25,28). The van der Waals surface area contributed by atoms with Crippen molar-refractivity contribution in [2.45, 2.75) is 33.5 Å². The first-order valence-corrected chi connectivity index (χ1v) is 9.94. The molecule has 0 saturated heterocycles. The lowest BCUT2D eigenvalue weighted by Gasteiger charge is -2.22. The van der Waals surface area contributed by atoms with Gasteiger partial charge in [0.15, 0.2) is 5.96 Å². The number of guanidine groups is 1.